The number of anilines is 1. The van der Waals surface area contributed by atoms with Crippen LogP contribution < -0.4 is 15.0 Å². The van der Waals surface area contributed by atoms with Crippen LogP contribution in [0, 0.1) is 0 Å². The van der Waals surface area contributed by atoms with Crippen LogP contribution in [0.1, 0.15) is 30.5 Å². The fourth-order valence-electron chi connectivity index (χ4n) is 4.14. The van der Waals surface area contributed by atoms with Crippen molar-refractivity contribution in [1.82, 2.24) is 10.3 Å². The highest BCUT2D eigenvalue weighted by Crippen LogP contribution is 2.43. The predicted molar refractivity (Wildman–Crippen MR) is 140 cm³/mol. The molecule has 0 bridgehead atoms. The second kappa shape index (κ2) is 9.66. The third-order valence-corrected chi connectivity index (χ3v) is 6.50. The van der Waals surface area contributed by atoms with Gasteiger partial charge in [-0.2, -0.15) is 0 Å². The van der Waals surface area contributed by atoms with Gasteiger partial charge in [-0.1, -0.05) is 29.3 Å². The third kappa shape index (κ3) is 4.37. The van der Waals surface area contributed by atoms with Crippen LogP contribution in [0.15, 0.2) is 83.4 Å². The topological polar surface area (TPSA) is 50.5 Å². The Morgan fingerprint density at radius 1 is 1.06 bits per heavy atom. The van der Waals surface area contributed by atoms with Crippen molar-refractivity contribution in [2.45, 2.75) is 19.0 Å². The van der Waals surface area contributed by atoms with Gasteiger partial charge in [0.2, 0.25) is 0 Å². The number of nitrogens with zero attached hydrogens (tertiary/aromatic N) is 2. The minimum absolute atomic E-state index is 0.208. The summed E-state index contributed by atoms with van der Waals surface area (Å²) < 4.78 is 12.0. The molecular formula is C26H21Cl2N3O2S. The number of aromatic nitrogens is 1. The molecule has 1 N–H and O–H groups in total. The van der Waals surface area contributed by atoms with Crippen molar-refractivity contribution in [1.29, 1.82) is 0 Å². The number of ether oxygens (including phenoxy) is 1. The molecule has 2 aromatic heterocycles. The molecule has 0 radical (unpaired) electrons. The number of benzene rings is 2. The van der Waals surface area contributed by atoms with E-state index in [0.29, 0.717) is 27.5 Å². The monoisotopic (exact) mass is 509 g/mol. The highest BCUT2D eigenvalue weighted by atomic mass is 35.5. The van der Waals surface area contributed by atoms with E-state index in [0.717, 1.165) is 28.5 Å². The Bertz CT molecular complexity index is 1310. The lowest BCUT2D eigenvalue weighted by molar-refractivity contribution is 0.340. The van der Waals surface area contributed by atoms with Gasteiger partial charge >= 0.3 is 0 Å². The van der Waals surface area contributed by atoms with Crippen molar-refractivity contribution < 1.29 is 9.15 Å². The summed E-state index contributed by atoms with van der Waals surface area (Å²) >= 11 is 18.3. The summed E-state index contributed by atoms with van der Waals surface area (Å²) in [5.74, 6) is 2.19. The van der Waals surface area contributed by atoms with Crippen LogP contribution in [-0.2, 0) is 0 Å². The number of thiocarbonyl (C=S) groups is 1. The number of hydrogen-bond donors (Lipinski definition) is 1. The number of hydrogen-bond acceptors (Lipinski definition) is 4. The van der Waals surface area contributed by atoms with Crippen molar-refractivity contribution in [3.63, 3.8) is 0 Å². The molecule has 8 heteroatoms. The normalized spacial score (nSPS) is 17.6. The minimum atomic E-state index is -0.264. The van der Waals surface area contributed by atoms with Crippen LogP contribution in [0.2, 0.25) is 10.0 Å². The molecule has 2 unspecified atom stereocenters. The van der Waals surface area contributed by atoms with Crippen LogP contribution in [0.5, 0.6) is 5.75 Å². The minimum Gasteiger partial charge on any atom is -0.494 e. The van der Waals surface area contributed by atoms with Gasteiger partial charge in [0, 0.05) is 22.5 Å². The highest BCUT2D eigenvalue weighted by Gasteiger charge is 2.42. The summed E-state index contributed by atoms with van der Waals surface area (Å²) in [5, 5.41) is 5.12. The SMILES string of the molecule is CCOc1ccc(N2C(=S)NC(c3ccccn3)C2c2ccc(-c3ccc(Cl)cc3Cl)o2)cc1. The highest BCUT2D eigenvalue weighted by molar-refractivity contribution is 7.80. The lowest BCUT2D eigenvalue weighted by atomic mass is 10.0. The maximum absolute atomic E-state index is 6.44. The van der Waals surface area contributed by atoms with Gasteiger partial charge in [0.1, 0.15) is 23.3 Å². The second-order valence-corrected chi connectivity index (χ2v) is 8.98. The summed E-state index contributed by atoms with van der Waals surface area (Å²) in [5.41, 5.74) is 2.56. The number of rotatable bonds is 6. The number of furan rings is 1. The average molecular weight is 510 g/mol. The first-order valence-corrected chi connectivity index (χ1v) is 12.0. The Hall–Kier alpha value is -3.06. The van der Waals surface area contributed by atoms with Gasteiger partial charge in [-0.05, 0) is 85.9 Å². The largest absolute Gasteiger partial charge is 0.494 e. The first kappa shape index (κ1) is 22.7. The Kier molecular flexibility index (Phi) is 6.46. The zero-order valence-corrected chi connectivity index (χ0v) is 20.6. The molecule has 1 aliphatic heterocycles. The average Bonchev–Trinajstić information content (AvgIpc) is 3.45. The van der Waals surface area contributed by atoms with Crippen LogP contribution in [0.4, 0.5) is 5.69 Å². The summed E-state index contributed by atoms with van der Waals surface area (Å²) in [6.07, 6.45) is 1.78. The van der Waals surface area contributed by atoms with Gasteiger partial charge in [-0.15, -0.1) is 0 Å². The molecule has 2 aromatic carbocycles. The molecule has 172 valence electrons. The van der Waals surface area contributed by atoms with E-state index in [9.17, 15) is 0 Å². The Labute approximate surface area is 213 Å². The van der Waals surface area contributed by atoms with E-state index >= 15 is 0 Å². The van der Waals surface area contributed by atoms with E-state index in [1.807, 2.05) is 67.6 Å². The molecule has 0 amide bonds. The van der Waals surface area contributed by atoms with E-state index in [1.54, 1.807) is 18.3 Å². The molecule has 0 aliphatic carbocycles. The van der Waals surface area contributed by atoms with Crippen LogP contribution >= 0.6 is 35.4 Å². The fourth-order valence-corrected chi connectivity index (χ4v) is 4.98. The van der Waals surface area contributed by atoms with E-state index in [-0.39, 0.29) is 12.1 Å². The van der Waals surface area contributed by atoms with Crippen LogP contribution in [0.25, 0.3) is 11.3 Å². The molecule has 4 aromatic rings. The quantitative estimate of drug-likeness (QED) is 0.276. The summed E-state index contributed by atoms with van der Waals surface area (Å²) in [7, 11) is 0. The Morgan fingerprint density at radius 3 is 2.59 bits per heavy atom. The summed E-state index contributed by atoms with van der Waals surface area (Å²) in [6.45, 7) is 2.57. The van der Waals surface area contributed by atoms with E-state index < -0.39 is 0 Å². The van der Waals surface area contributed by atoms with Crippen molar-refractivity contribution in [3.05, 3.63) is 100 Å². The van der Waals surface area contributed by atoms with Gasteiger partial charge < -0.3 is 19.4 Å². The molecule has 1 aliphatic rings. The molecular weight excluding hydrogens is 489 g/mol. The van der Waals surface area contributed by atoms with Gasteiger partial charge in [0.25, 0.3) is 0 Å². The van der Waals surface area contributed by atoms with Gasteiger partial charge in [-0.25, -0.2) is 0 Å². The molecule has 5 nitrogen and oxygen atoms in total. The summed E-state index contributed by atoms with van der Waals surface area (Å²) in [6, 6.07) is 22.4. The van der Waals surface area contributed by atoms with Crippen molar-refractivity contribution >= 4 is 46.2 Å². The zero-order valence-electron chi connectivity index (χ0n) is 18.2. The molecule has 3 heterocycles. The Balaban J connectivity index is 1.57. The van der Waals surface area contributed by atoms with Crippen molar-refractivity contribution in [2.24, 2.45) is 0 Å². The molecule has 0 spiro atoms. The zero-order chi connectivity index (χ0) is 23.7. The predicted octanol–water partition coefficient (Wildman–Crippen LogP) is 7.22. The van der Waals surface area contributed by atoms with Gasteiger partial charge in [0.15, 0.2) is 5.11 Å². The number of halogens is 2. The smallest absolute Gasteiger partial charge is 0.174 e. The van der Waals surface area contributed by atoms with Crippen LogP contribution in [0.3, 0.4) is 0 Å². The van der Waals surface area contributed by atoms with E-state index in [1.165, 1.54) is 0 Å². The molecule has 1 saturated heterocycles. The Morgan fingerprint density at radius 2 is 1.88 bits per heavy atom. The fraction of sp³-hybridized carbons (Fsp3) is 0.154. The standard InChI is InChI=1S/C26H21Cl2N3O2S/c1-2-32-18-9-7-17(8-10-18)31-25(24(30-26(31)34)21-5-3-4-14-29-21)23-13-12-22(33-23)19-11-6-16(27)15-20(19)28/h3-15,24-25H,2H2,1H3,(H,30,34). The molecule has 0 saturated carbocycles. The third-order valence-electron chi connectivity index (χ3n) is 5.64. The summed E-state index contributed by atoms with van der Waals surface area (Å²) in [4.78, 5) is 6.63. The van der Waals surface area contributed by atoms with Crippen molar-refractivity contribution in [2.75, 3.05) is 11.5 Å². The first-order chi connectivity index (χ1) is 16.5. The number of nitrogens with one attached hydrogen (secondary N) is 1. The van der Waals surface area contributed by atoms with Crippen LogP contribution in [-0.4, -0.2) is 16.7 Å². The molecule has 2 atom stereocenters. The molecule has 1 fully saturated rings. The van der Waals surface area contributed by atoms with Gasteiger partial charge in [0.05, 0.1) is 23.4 Å². The first-order valence-electron chi connectivity index (χ1n) is 10.8. The second-order valence-electron chi connectivity index (χ2n) is 7.75. The molecule has 34 heavy (non-hydrogen) atoms. The lowest BCUT2D eigenvalue weighted by Crippen LogP contribution is -2.29. The maximum atomic E-state index is 6.44. The molecule has 5 rings (SSSR count). The lowest BCUT2D eigenvalue weighted by Gasteiger charge is -2.26. The number of pyridine rings is 1. The van der Waals surface area contributed by atoms with E-state index in [4.69, 9.17) is 44.6 Å². The maximum Gasteiger partial charge on any atom is 0.174 e. The van der Waals surface area contributed by atoms with Crippen molar-refractivity contribution in [3.8, 4) is 17.1 Å². The van der Waals surface area contributed by atoms with E-state index in [2.05, 4.69) is 15.2 Å². The van der Waals surface area contributed by atoms with Gasteiger partial charge in [-0.3, -0.25) is 4.98 Å².